The van der Waals surface area contributed by atoms with Crippen molar-refractivity contribution < 1.29 is 18.7 Å². The van der Waals surface area contributed by atoms with E-state index in [1.54, 1.807) is 49.6 Å². The number of carbonyl (C=O) groups is 1. The summed E-state index contributed by atoms with van der Waals surface area (Å²) in [4.78, 5) is 40.1. The summed E-state index contributed by atoms with van der Waals surface area (Å²) in [6.45, 7) is 1.71. The van der Waals surface area contributed by atoms with Crippen molar-refractivity contribution in [2.24, 2.45) is 5.92 Å². The van der Waals surface area contributed by atoms with Gasteiger partial charge in [-0.15, -0.1) is 0 Å². The van der Waals surface area contributed by atoms with Gasteiger partial charge < -0.3 is 23.4 Å². The van der Waals surface area contributed by atoms with Crippen LogP contribution < -0.4 is 20.5 Å². The lowest BCUT2D eigenvalue weighted by atomic mass is 9.83. The number of methoxy groups -OCH3 is 1. The Hall–Kier alpha value is -4.33. The van der Waals surface area contributed by atoms with Gasteiger partial charge in [0, 0.05) is 43.4 Å². The average Bonchev–Trinajstić information content (AvgIpc) is 2.92. The molecule has 1 amide bonds. The van der Waals surface area contributed by atoms with Crippen molar-refractivity contribution in [3.63, 3.8) is 0 Å². The highest BCUT2D eigenvalue weighted by molar-refractivity contribution is 5.83. The topological polar surface area (TPSA) is 91.0 Å². The van der Waals surface area contributed by atoms with E-state index in [1.165, 1.54) is 6.26 Å². The highest BCUT2D eigenvalue weighted by Crippen LogP contribution is 2.35. The summed E-state index contributed by atoms with van der Waals surface area (Å²) in [5.74, 6) is 1.47. The van der Waals surface area contributed by atoms with E-state index in [0.717, 1.165) is 17.7 Å². The van der Waals surface area contributed by atoms with Gasteiger partial charge in [0.05, 0.1) is 18.1 Å². The summed E-state index contributed by atoms with van der Waals surface area (Å²) in [5.41, 5.74) is 2.46. The van der Waals surface area contributed by atoms with Gasteiger partial charge in [0.1, 0.15) is 23.3 Å². The molecule has 8 nitrogen and oxygen atoms in total. The fourth-order valence-corrected chi connectivity index (χ4v) is 5.50. The zero-order valence-electron chi connectivity index (χ0n) is 20.4. The largest absolute Gasteiger partial charge is 0.497 e. The lowest BCUT2D eigenvalue weighted by Gasteiger charge is -2.42. The molecular weight excluding hydrogens is 472 g/mol. The Morgan fingerprint density at radius 1 is 1.00 bits per heavy atom. The van der Waals surface area contributed by atoms with Crippen LogP contribution in [0, 0.1) is 5.92 Å². The number of hydrogen-bond donors (Lipinski definition) is 0. The molecule has 4 heterocycles. The minimum absolute atomic E-state index is 0.0226. The van der Waals surface area contributed by atoms with Crippen LogP contribution in [0.1, 0.15) is 18.0 Å². The zero-order valence-corrected chi connectivity index (χ0v) is 20.4. The number of piperidine rings is 1. The van der Waals surface area contributed by atoms with Crippen LogP contribution in [0.15, 0.2) is 80.9 Å². The van der Waals surface area contributed by atoms with E-state index < -0.39 is 0 Å². The molecule has 4 aromatic rings. The monoisotopic (exact) mass is 498 g/mol. The Bertz CT molecular complexity index is 1600. The number of benzene rings is 2. The van der Waals surface area contributed by atoms with Crippen LogP contribution in [0.2, 0.25) is 0 Å². The molecule has 1 fully saturated rings. The number of hydrogen-bond acceptors (Lipinski definition) is 6. The fourth-order valence-electron chi connectivity index (χ4n) is 5.50. The smallest absolute Gasteiger partial charge is 0.260 e. The van der Waals surface area contributed by atoms with Gasteiger partial charge in [-0.05, 0) is 48.2 Å². The summed E-state index contributed by atoms with van der Waals surface area (Å²) in [6, 6.07) is 17.5. The first-order valence-electron chi connectivity index (χ1n) is 12.3. The molecule has 2 aliphatic rings. The predicted octanol–water partition coefficient (Wildman–Crippen LogP) is 3.66. The minimum atomic E-state index is -0.145. The number of amides is 1. The van der Waals surface area contributed by atoms with E-state index in [2.05, 4.69) is 0 Å². The maximum Gasteiger partial charge on any atom is 0.260 e. The van der Waals surface area contributed by atoms with E-state index in [1.807, 2.05) is 27.7 Å². The molecule has 37 heavy (non-hydrogen) atoms. The maximum absolute atomic E-state index is 13.1. The molecule has 188 valence electrons. The lowest BCUT2D eigenvalue weighted by molar-refractivity contribution is -0.136. The van der Waals surface area contributed by atoms with E-state index in [0.29, 0.717) is 47.7 Å². The normalized spacial score (nSPS) is 18.4. The molecule has 2 atom stereocenters. The van der Waals surface area contributed by atoms with Crippen molar-refractivity contribution in [3.05, 3.63) is 93.2 Å². The molecule has 8 heteroatoms. The molecule has 2 unspecified atom stereocenters. The quantitative estimate of drug-likeness (QED) is 0.417. The third kappa shape index (κ3) is 4.28. The molecule has 0 radical (unpaired) electrons. The van der Waals surface area contributed by atoms with Crippen molar-refractivity contribution in [2.45, 2.75) is 18.9 Å². The summed E-state index contributed by atoms with van der Waals surface area (Å²) in [6.07, 6.45) is 2.42. The van der Waals surface area contributed by atoms with Gasteiger partial charge in [0.15, 0.2) is 12.0 Å². The third-order valence-corrected chi connectivity index (χ3v) is 7.34. The van der Waals surface area contributed by atoms with Gasteiger partial charge in [0.25, 0.3) is 11.5 Å². The Balaban J connectivity index is 1.15. The lowest BCUT2D eigenvalue weighted by Crippen LogP contribution is -2.50. The SMILES string of the molecule is COc1ccc(-c2coc3cc(OCC(=O)N4CC5CC(C4)c4cccc(=O)n4C5)ccc3c2=O)cc1. The van der Waals surface area contributed by atoms with E-state index in [4.69, 9.17) is 13.9 Å². The van der Waals surface area contributed by atoms with Crippen LogP contribution in [0.4, 0.5) is 0 Å². The second kappa shape index (κ2) is 9.28. The van der Waals surface area contributed by atoms with Crippen molar-refractivity contribution in [1.29, 1.82) is 0 Å². The van der Waals surface area contributed by atoms with Gasteiger partial charge >= 0.3 is 0 Å². The highest BCUT2D eigenvalue weighted by Gasteiger charge is 2.36. The summed E-state index contributed by atoms with van der Waals surface area (Å²) >= 11 is 0. The van der Waals surface area contributed by atoms with Crippen LogP contribution >= 0.6 is 0 Å². The summed E-state index contributed by atoms with van der Waals surface area (Å²) in [5, 5.41) is 0.435. The number of rotatable bonds is 5. The minimum Gasteiger partial charge on any atom is -0.497 e. The molecule has 0 aliphatic carbocycles. The van der Waals surface area contributed by atoms with Crippen molar-refractivity contribution >= 4 is 16.9 Å². The molecule has 0 N–H and O–H groups in total. The molecule has 2 aromatic carbocycles. The van der Waals surface area contributed by atoms with Gasteiger partial charge in [-0.1, -0.05) is 18.2 Å². The molecular formula is C29H26N2O6. The number of aromatic nitrogens is 1. The first-order valence-corrected chi connectivity index (χ1v) is 12.3. The first kappa shape index (κ1) is 23.1. The Morgan fingerprint density at radius 3 is 2.62 bits per heavy atom. The Morgan fingerprint density at radius 2 is 1.81 bits per heavy atom. The summed E-state index contributed by atoms with van der Waals surface area (Å²) in [7, 11) is 1.59. The Labute approximate surface area is 212 Å². The van der Waals surface area contributed by atoms with Crippen LogP contribution in [0.5, 0.6) is 11.5 Å². The molecule has 6 rings (SSSR count). The average molecular weight is 499 g/mol. The first-order chi connectivity index (χ1) is 18.0. The number of nitrogens with zero attached hydrogens (tertiary/aromatic N) is 2. The van der Waals surface area contributed by atoms with Crippen LogP contribution in [0.25, 0.3) is 22.1 Å². The van der Waals surface area contributed by atoms with Crippen LogP contribution in [-0.4, -0.2) is 42.2 Å². The fraction of sp³-hybridized carbons (Fsp3) is 0.276. The third-order valence-electron chi connectivity index (χ3n) is 7.34. The van der Waals surface area contributed by atoms with Gasteiger partial charge in [-0.2, -0.15) is 0 Å². The van der Waals surface area contributed by atoms with Crippen molar-refractivity contribution in [1.82, 2.24) is 9.47 Å². The van der Waals surface area contributed by atoms with Gasteiger partial charge in [-0.25, -0.2) is 0 Å². The van der Waals surface area contributed by atoms with Crippen molar-refractivity contribution in [2.75, 3.05) is 26.8 Å². The number of carbonyl (C=O) groups excluding carboxylic acids is 1. The number of pyridine rings is 1. The molecule has 2 bridgehead atoms. The number of likely N-dealkylation sites (tertiary alicyclic amines) is 1. The van der Waals surface area contributed by atoms with Crippen LogP contribution in [-0.2, 0) is 11.3 Å². The molecule has 2 aliphatic heterocycles. The molecule has 2 aromatic heterocycles. The molecule has 0 saturated carbocycles. The van der Waals surface area contributed by atoms with Crippen molar-refractivity contribution in [3.8, 4) is 22.6 Å². The zero-order chi connectivity index (χ0) is 25.5. The second-order valence-corrected chi connectivity index (χ2v) is 9.65. The second-order valence-electron chi connectivity index (χ2n) is 9.65. The van der Waals surface area contributed by atoms with Gasteiger partial charge in [0.2, 0.25) is 0 Å². The van der Waals surface area contributed by atoms with E-state index >= 15 is 0 Å². The molecule has 1 saturated heterocycles. The number of fused-ring (bicyclic) bond motifs is 5. The van der Waals surface area contributed by atoms with E-state index in [9.17, 15) is 14.4 Å². The standard InChI is InChI=1S/C29H26N2O6/c1-35-21-7-5-19(6-8-21)24-16-37-26-12-22(9-10-23(26)29(24)34)36-17-28(33)30-13-18-11-20(15-30)25-3-2-4-27(32)31(25)14-18/h2-10,12,16,18,20H,11,13-15,17H2,1H3. The predicted molar refractivity (Wildman–Crippen MR) is 138 cm³/mol. The van der Waals surface area contributed by atoms with Gasteiger partial charge in [-0.3, -0.25) is 14.4 Å². The van der Waals surface area contributed by atoms with E-state index in [-0.39, 0.29) is 35.3 Å². The highest BCUT2D eigenvalue weighted by atomic mass is 16.5. The molecule has 0 spiro atoms. The maximum atomic E-state index is 13.1. The number of ether oxygens (including phenoxy) is 2. The summed E-state index contributed by atoms with van der Waals surface area (Å²) < 4.78 is 18.6. The van der Waals surface area contributed by atoms with Crippen LogP contribution in [0.3, 0.4) is 0 Å². The Kier molecular flexibility index (Phi) is 5.79.